The average molecular weight is 316 g/mol. The smallest absolute Gasteiger partial charge is 0.0237 e. The molecule has 0 saturated heterocycles. The van der Waals surface area contributed by atoms with Crippen LogP contribution in [0, 0.1) is 0 Å². The summed E-state index contributed by atoms with van der Waals surface area (Å²) in [6.07, 6.45) is 2.30. The summed E-state index contributed by atoms with van der Waals surface area (Å²) in [5.41, 5.74) is 4.41. The van der Waals surface area contributed by atoms with Gasteiger partial charge in [0, 0.05) is 24.1 Å². The summed E-state index contributed by atoms with van der Waals surface area (Å²) in [4.78, 5) is 2.56. The van der Waals surface area contributed by atoms with E-state index in [1.807, 2.05) is 0 Å². The van der Waals surface area contributed by atoms with E-state index in [0.717, 1.165) is 25.9 Å². The van der Waals surface area contributed by atoms with Gasteiger partial charge in [-0.15, -0.1) is 0 Å². The normalized spacial score (nSPS) is 15.2. The number of nitrogens with zero attached hydrogens (tertiary/aromatic N) is 1. The minimum absolute atomic E-state index is 1.08. The Balaban J connectivity index is 1.63. The number of fused-ring (bicyclic) bond motifs is 1. The third kappa shape index (κ3) is 3.07. The second kappa shape index (κ2) is 5.89. The molecule has 1 aliphatic rings. The zero-order valence-corrected chi connectivity index (χ0v) is 12.6. The lowest BCUT2D eigenvalue weighted by molar-refractivity contribution is 0.257. The Bertz CT molecular complexity index is 550. The van der Waals surface area contributed by atoms with Crippen LogP contribution in [-0.4, -0.2) is 18.0 Å². The van der Waals surface area contributed by atoms with Gasteiger partial charge in [0.2, 0.25) is 0 Å². The van der Waals surface area contributed by atoms with E-state index >= 15 is 0 Å². The van der Waals surface area contributed by atoms with E-state index in [2.05, 4.69) is 69.4 Å². The van der Waals surface area contributed by atoms with Gasteiger partial charge in [-0.2, -0.15) is 0 Å². The van der Waals surface area contributed by atoms with Gasteiger partial charge >= 0.3 is 0 Å². The minimum Gasteiger partial charge on any atom is -0.298 e. The average Bonchev–Trinajstić information content (AvgIpc) is 2.46. The highest BCUT2D eigenvalue weighted by Crippen LogP contribution is 2.26. The second-order valence-electron chi connectivity index (χ2n) is 5.14. The molecule has 0 unspecified atom stereocenters. The van der Waals surface area contributed by atoms with Gasteiger partial charge < -0.3 is 0 Å². The maximum Gasteiger partial charge on any atom is 0.0237 e. The summed E-state index contributed by atoms with van der Waals surface area (Å²) in [5.74, 6) is 0. The summed E-state index contributed by atoms with van der Waals surface area (Å²) in [6, 6.07) is 17.3. The predicted molar refractivity (Wildman–Crippen MR) is 83.3 cm³/mol. The van der Waals surface area contributed by atoms with Crippen molar-refractivity contribution in [2.24, 2.45) is 0 Å². The van der Waals surface area contributed by atoms with Crippen LogP contribution >= 0.6 is 15.9 Å². The van der Waals surface area contributed by atoms with Crippen LogP contribution in [0.1, 0.15) is 16.7 Å². The first-order chi connectivity index (χ1) is 9.33. The maximum atomic E-state index is 3.66. The first-order valence-corrected chi connectivity index (χ1v) is 7.65. The molecule has 0 saturated carbocycles. The van der Waals surface area contributed by atoms with Crippen LogP contribution in [0.3, 0.4) is 0 Å². The minimum atomic E-state index is 1.08. The van der Waals surface area contributed by atoms with Gasteiger partial charge in [-0.25, -0.2) is 0 Å². The summed E-state index contributed by atoms with van der Waals surface area (Å²) in [5, 5.41) is 0. The van der Waals surface area contributed by atoms with Crippen molar-refractivity contribution < 1.29 is 0 Å². The van der Waals surface area contributed by atoms with Crippen LogP contribution in [0.15, 0.2) is 53.0 Å². The predicted octanol–water partition coefficient (Wildman–Crippen LogP) is 4.05. The number of hydrogen-bond donors (Lipinski definition) is 0. The van der Waals surface area contributed by atoms with E-state index in [1.165, 1.54) is 27.7 Å². The van der Waals surface area contributed by atoms with Crippen molar-refractivity contribution in [3.63, 3.8) is 0 Å². The third-order valence-corrected chi connectivity index (χ3v) is 4.59. The highest BCUT2D eigenvalue weighted by atomic mass is 79.9. The van der Waals surface area contributed by atoms with E-state index in [1.54, 1.807) is 0 Å². The van der Waals surface area contributed by atoms with Crippen molar-refractivity contribution in [1.82, 2.24) is 4.90 Å². The topological polar surface area (TPSA) is 3.24 Å². The Morgan fingerprint density at radius 2 is 1.84 bits per heavy atom. The molecular formula is C17H18BrN. The van der Waals surface area contributed by atoms with Crippen LogP contribution in [0.4, 0.5) is 0 Å². The molecule has 2 heteroatoms. The van der Waals surface area contributed by atoms with Gasteiger partial charge in [0.1, 0.15) is 0 Å². The van der Waals surface area contributed by atoms with Crippen LogP contribution in [0.5, 0.6) is 0 Å². The first kappa shape index (κ1) is 12.9. The fraction of sp³-hybridized carbons (Fsp3) is 0.294. The Morgan fingerprint density at radius 1 is 1.00 bits per heavy atom. The Labute approximate surface area is 123 Å². The lowest BCUT2D eigenvalue weighted by Gasteiger charge is -2.29. The fourth-order valence-electron chi connectivity index (χ4n) is 2.74. The van der Waals surface area contributed by atoms with Gasteiger partial charge in [-0.3, -0.25) is 4.90 Å². The molecule has 0 aliphatic carbocycles. The fourth-order valence-corrected chi connectivity index (χ4v) is 3.35. The lowest BCUT2D eigenvalue weighted by Crippen LogP contribution is -2.32. The van der Waals surface area contributed by atoms with E-state index in [0.29, 0.717) is 0 Å². The SMILES string of the molecule is Brc1cccc2c1CCN(CCc1ccccc1)C2. The van der Waals surface area contributed by atoms with Crippen molar-refractivity contribution in [3.05, 3.63) is 69.7 Å². The molecule has 0 aromatic heterocycles. The van der Waals surface area contributed by atoms with E-state index in [9.17, 15) is 0 Å². The Kier molecular flexibility index (Phi) is 4.00. The van der Waals surface area contributed by atoms with Crippen molar-refractivity contribution in [2.45, 2.75) is 19.4 Å². The molecule has 1 aliphatic heterocycles. The molecule has 98 valence electrons. The molecule has 1 heterocycles. The summed E-state index contributed by atoms with van der Waals surface area (Å²) in [6.45, 7) is 3.40. The van der Waals surface area contributed by atoms with Crippen LogP contribution in [-0.2, 0) is 19.4 Å². The van der Waals surface area contributed by atoms with Crippen LogP contribution in [0.25, 0.3) is 0 Å². The number of halogens is 1. The summed E-state index contributed by atoms with van der Waals surface area (Å²) in [7, 11) is 0. The van der Waals surface area contributed by atoms with E-state index in [-0.39, 0.29) is 0 Å². The second-order valence-corrected chi connectivity index (χ2v) is 5.99. The van der Waals surface area contributed by atoms with Crippen molar-refractivity contribution in [3.8, 4) is 0 Å². The molecule has 19 heavy (non-hydrogen) atoms. The molecule has 1 nitrogen and oxygen atoms in total. The summed E-state index contributed by atoms with van der Waals surface area (Å²) < 4.78 is 1.27. The number of hydrogen-bond acceptors (Lipinski definition) is 1. The highest BCUT2D eigenvalue weighted by molar-refractivity contribution is 9.10. The third-order valence-electron chi connectivity index (χ3n) is 3.85. The molecule has 2 aromatic rings. The van der Waals surface area contributed by atoms with Gasteiger partial charge in [-0.1, -0.05) is 58.4 Å². The van der Waals surface area contributed by atoms with E-state index < -0.39 is 0 Å². The van der Waals surface area contributed by atoms with Gasteiger partial charge in [0.15, 0.2) is 0 Å². The number of rotatable bonds is 3. The first-order valence-electron chi connectivity index (χ1n) is 6.85. The molecule has 0 spiro atoms. The number of benzene rings is 2. The highest BCUT2D eigenvalue weighted by Gasteiger charge is 2.17. The molecule has 0 fully saturated rings. The largest absolute Gasteiger partial charge is 0.298 e. The van der Waals surface area contributed by atoms with Crippen molar-refractivity contribution >= 4 is 15.9 Å². The van der Waals surface area contributed by atoms with Crippen LogP contribution < -0.4 is 0 Å². The monoisotopic (exact) mass is 315 g/mol. The zero-order chi connectivity index (χ0) is 13.1. The Hall–Kier alpha value is -1.12. The standard InChI is InChI=1S/C17H18BrN/c18-17-8-4-7-15-13-19(12-10-16(15)17)11-9-14-5-2-1-3-6-14/h1-8H,9-13H2. The van der Waals surface area contributed by atoms with Gasteiger partial charge in [0.05, 0.1) is 0 Å². The zero-order valence-electron chi connectivity index (χ0n) is 11.0. The van der Waals surface area contributed by atoms with Crippen LogP contribution in [0.2, 0.25) is 0 Å². The molecule has 0 bridgehead atoms. The van der Waals surface area contributed by atoms with Gasteiger partial charge in [-0.05, 0) is 35.6 Å². The molecule has 3 rings (SSSR count). The molecular weight excluding hydrogens is 298 g/mol. The van der Waals surface area contributed by atoms with E-state index in [4.69, 9.17) is 0 Å². The van der Waals surface area contributed by atoms with Gasteiger partial charge in [0.25, 0.3) is 0 Å². The molecule has 2 aromatic carbocycles. The lowest BCUT2D eigenvalue weighted by atomic mass is 9.99. The molecule has 0 radical (unpaired) electrons. The molecule has 0 amide bonds. The summed E-state index contributed by atoms with van der Waals surface area (Å²) >= 11 is 3.66. The molecule has 0 N–H and O–H groups in total. The Morgan fingerprint density at radius 3 is 2.68 bits per heavy atom. The molecule has 0 atom stereocenters. The maximum absolute atomic E-state index is 3.66. The van der Waals surface area contributed by atoms with Crippen molar-refractivity contribution in [1.29, 1.82) is 0 Å². The quantitative estimate of drug-likeness (QED) is 0.826. The van der Waals surface area contributed by atoms with Crippen molar-refractivity contribution in [2.75, 3.05) is 13.1 Å².